The van der Waals surface area contributed by atoms with Crippen molar-refractivity contribution < 1.29 is 10.2 Å². The molecule has 2 aliphatic heterocycles. The zero-order chi connectivity index (χ0) is 18.1. The second-order valence-corrected chi connectivity index (χ2v) is 8.15. The van der Waals surface area contributed by atoms with Gasteiger partial charge in [0.2, 0.25) is 0 Å². The van der Waals surface area contributed by atoms with E-state index < -0.39 is 5.41 Å². The molecule has 0 radical (unpaired) electrons. The Labute approximate surface area is 154 Å². The molecule has 2 rings (SSSR count). The molecule has 2 fully saturated rings. The third-order valence-corrected chi connectivity index (χ3v) is 5.71. The van der Waals surface area contributed by atoms with Crippen LogP contribution in [0, 0.1) is 5.41 Å². The average molecular weight is 357 g/mol. The van der Waals surface area contributed by atoms with Crippen LogP contribution < -0.4 is 0 Å². The summed E-state index contributed by atoms with van der Waals surface area (Å²) in [6.45, 7) is 14.8. The maximum atomic E-state index is 10.1. The second-order valence-electron chi connectivity index (χ2n) is 8.15. The van der Waals surface area contributed by atoms with Crippen molar-refractivity contribution in [1.82, 2.24) is 19.6 Å². The van der Waals surface area contributed by atoms with Crippen LogP contribution in [-0.2, 0) is 0 Å². The molecule has 0 bridgehead atoms. The predicted octanol–water partition coefficient (Wildman–Crippen LogP) is 0.708. The first kappa shape index (κ1) is 21.1. The van der Waals surface area contributed by atoms with E-state index in [0.717, 1.165) is 65.7 Å². The molecule has 2 aliphatic rings. The highest BCUT2D eigenvalue weighted by atomic mass is 16.3. The highest BCUT2D eigenvalue weighted by Crippen LogP contribution is 2.23. The Balaban J connectivity index is 1.82. The minimum atomic E-state index is -0.415. The van der Waals surface area contributed by atoms with Gasteiger partial charge in [0.1, 0.15) is 0 Å². The molecule has 0 aromatic carbocycles. The van der Waals surface area contributed by atoms with E-state index in [0.29, 0.717) is 0 Å². The quantitative estimate of drug-likeness (QED) is 0.537. The van der Waals surface area contributed by atoms with Crippen LogP contribution in [0.25, 0.3) is 0 Å². The Morgan fingerprint density at radius 1 is 0.680 bits per heavy atom. The number of aliphatic hydroxyl groups is 2. The zero-order valence-corrected chi connectivity index (χ0v) is 16.5. The molecule has 2 saturated heterocycles. The molecular formula is C19H40N4O2. The molecule has 148 valence electrons. The standard InChI is InChI=1S/C19H40N4O2/c1-3-5-7-20-9-11-22(17-20)13-19(15-24,16-25)14-23-12-10-21(18-23)8-6-4-2/h24-25H,3-18H2,1-2H3. The van der Waals surface area contributed by atoms with Crippen molar-refractivity contribution in [2.24, 2.45) is 5.41 Å². The molecule has 2 N–H and O–H groups in total. The van der Waals surface area contributed by atoms with Gasteiger partial charge in [-0.2, -0.15) is 0 Å². The van der Waals surface area contributed by atoms with Gasteiger partial charge >= 0.3 is 0 Å². The molecule has 6 heteroatoms. The van der Waals surface area contributed by atoms with Crippen molar-refractivity contribution in [2.75, 3.05) is 78.9 Å². The van der Waals surface area contributed by atoms with E-state index in [1.807, 2.05) is 0 Å². The maximum Gasteiger partial charge on any atom is 0.0534 e. The zero-order valence-electron chi connectivity index (χ0n) is 16.5. The lowest BCUT2D eigenvalue weighted by Crippen LogP contribution is -2.50. The van der Waals surface area contributed by atoms with Gasteiger partial charge in [-0.25, -0.2) is 0 Å². The van der Waals surface area contributed by atoms with Gasteiger partial charge in [-0.15, -0.1) is 0 Å². The van der Waals surface area contributed by atoms with Crippen molar-refractivity contribution in [1.29, 1.82) is 0 Å². The smallest absolute Gasteiger partial charge is 0.0534 e. The van der Waals surface area contributed by atoms with Crippen molar-refractivity contribution >= 4 is 0 Å². The third kappa shape index (κ3) is 6.45. The summed E-state index contributed by atoms with van der Waals surface area (Å²) in [5.41, 5.74) is -0.415. The summed E-state index contributed by atoms with van der Waals surface area (Å²) < 4.78 is 0. The summed E-state index contributed by atoms with van der Waals surface area (Å²) in [5.74, 6) is 0. The number of rotatable bonds is 12. The van der Waals surface area contributed by atoms with E-state index in [-0.39, 0.29) is 13.2 Å². The van der Waals surface area contributed by atoms with Crippen LogP contribution in [0.3, 0.4) is 0 Å². The van der Waals surface area contributed by atoms with Crippen LogP contribution >= 0.6 is 0 Å². The minimum Gasteiger partial charge on any atom is -0.396 e. The fourth-order valence-corrected chi connectivity index (χ4v) is 4.05. The minimum absolute atomic E-state index is 0.0560. The van der Waals surface area contributed by atoms with Gasteiger partial charge in [-0.1, -0.05) is 26.7 Å². The largest absolute Gasteiger partial charge is 0.396 e. The first-order valence-electron chi connectivity index (χ1n) is 10.3. The summed E-state index contributed by atoms with van der Waals surface area (Å²) in [5, 5.41) is 20.1. The normalized spacial score (nSPS) is 21.6. The Kier molecular flexibility index (Phi) is 9.10. The highest BCUT2D eigenvalue weighted by Gasteiger charge is 2.36. The lowest BCUT2D eigenvalue weighted by Gasteiger charge is -2.37. The van der Waals surface area contributed by atoms with Crippen LogP contribution in [0.1, 0.15) is 39.5 Å². The monoisotopic (exact) mass is 356 g/mol. The van der Waals surface area contributed by atoms with Crippen LogP contribution in [0.5, 0.6) is 0 Å². The second kappa shape index (κ2) is 10.8. The topological polar surface area (TPSA) is 53.4 Å². The molecule has 0 unspecified atom stereocenters. The summed E-state index contributed by atoms with van der Waals surface area (Å²) in [6.07, 6.45) is 4.97. The molecule has 25 heavy (non-hydrogen) atoms. The molecule has 0 atom stereocenters. The molecule has 0 aromatic rings. The van der Waals surface area contributed by atoms with E-state index >= 15 is 0 Å². The molecule has 6 nitrogen and oxygen atoms in total. The third-order valence-electron chi connectivity index (χ3n) is 5.71. The maximum absolute atomic E-state index is 10.1. The van der Waals surface area contributed by atoms with Crippen molar-refractivity contribution in [3.8, 4) is 0 Å². The Hall–Kier alpha value is -0.240. The fraction of sp³-hybridized carbons (Fsp3) is 1.00. The average Bonchev–Trinajstić information content (AvgIpc) is 3.26. The molecule has 0 saturated carbocycles. The van der Waals surface area contributed by atoms with Crippen molar-refractivity contribution in [3.05, 3.63) is 0 Å². The molecule has 0 aliphatic carbocycles. The summed E-state index contributed by atoms with van der Waals surface area (Å²) in [6, 6.07) is 0. The van der Waals surface area contributed by atoms with Crippen molar-refractivity contribution in [3.63, 3.8) is 0 Å². The van der Waals surface area contributed by atoms with E-state index in [9.17, 15) is 10.2 Å². The van der Waals surface area contributed by atoms with Gasteiger partial charge in [-0.05, 0) is 25.9 Å². The number of nitrogens with zero attached hydrogens (tertiary/aromatic N) is 4. The first-order valence-corrected chi connectivity index (χ1v) is 10.3. The fourth-order valence-electron chi connectivity index (χ4n) is 4.05. The summed E-state index contributed by atoms with van der Waals surface area (Å²) in [4.78, 5) is 9.80. The number of unbranched alkanes of at least 4 members (excludes halogenated alkanes) is 2. The number of hydrogen-bond acceptors (Lipinski definition) is 6. The Morgan fingerprint density at radius 3 is 1.44 bits per heavy atom. The van der Waals surface area contributed by atoms with Crippen molar-refractivity contribution in [2.45, 2.75) is 39.5 Å². The summed E-state index contributed by atoms with van der Waals surface area (Å²) in [7, 11) is 0. The Bertz CT molecular complexity index is 335. The lowest BCUT2D eigenvalue weighted by molar-refractivity contribution is -0.00257. The number of aliphatic hydroxyl groups excluding tert-OH is 2. The molecule has 0 aromatic heterocycles. The van der Waals surface area contributed by atoms with Gasteiger partial charge < -0.3 is 10.2 Å². The van der Waals surface area contributed by atoms with E-state index in [1.165, 1.54) is 25.7 Å². The van der Waals surface area contributed by atoms with Gasteiger partial charge in [0.25, 0.3) is 0 Å². The van der Waals surface area contributed by atoms with Gasteiger partial charge in [0.15, 0.2) is 0 Å². The number of hydrogen-bond donors (Lipinski definition) is 2. The van der Waals surface area contributed by atoms with Crippen LogP contribution in [0.15, 0.2) is 0 Å². The summed E-state index contributed by atoms with van der Waals surface area (Å²) >= 11 is 0. The first-order chi connectivity index (χ1) is 12.1. The van der Waals surface area contributed by atoms with Crippen LogP contribution in [0.4, 0.5) is 0 Å². The molecule has 0 amide bonds. The highest BCUT2D eigenvalue weighted by molar-refractivity contribution is 4.88. The predicted molar refractivity (Wildman–Crippen MR) is 102 cm³/mol. The van der Waals surface area contributed by atoms with E-state index in [4.69, 9.17) is 0 Å². The lowest BCUT2D eigenvalue weighted by atomic mass is 9.88. The van der Waals surface area contributed by atoms with E-state index in [2.05, 4.69) is 33.4 Å². The van der Waals surface area contributed by atoms with E-state index in [1.54, 1.807) is 0 Å². The molecular weight excluding hydrogens is 316 g/mol. The van der Waals surface area contributed by atoms with Gasteiger partial charge in [-0.3, -0.25) is 19.6 Å². The Morgan fingerprint density at radius 2 is 1.08 bits per heavy atom. The van der Waals surface area contributed by atoms with Crippen LogP contribution in [0.2, 0.25) is 0 Å². The van der Waals surface area contributed by atoms with Crippen LogP contribution in [-0.4, -0.2) is 109 Å². The van der Waals surface area contributed by atoms with Gasteiger partial charge in [0, 0.05) is 44.7 Å². The molecule has 0 spiro atoms. The van der Waals surface area contributed by atoms with Gasteiger partial charge in [0.05, 0.1) is 26.6 Å². The molecule has 2 heterocycles. The SMILES string of the molecule is CCCCN1CCN(CC(CO)(CO)CN2CCN(CCCC)C2)C1.